The first-order chi connectivity index (χ1) is 12.6. The second-order valence-electron chi connectivity index (χ2n) is 7.66. The van der Waals surface area contributed by atoms with E-state index in [-0.39, 0.29) is 17.7 Å². The number of ether oxygens (including phenoxy) is 1. The molecule has 2 amide bonds. The molecule has 138 valence electrons. The molecule has 5 heteroatoms. The lowest BCUT2D eigenvalue weighted by Gasteiger charge is -2.21. The van der Waals surface area contributed by atoms with Crippen LogP contribution in [0.5, 0.6) is 0 Å². The summed E-state index contributed by atoms with van der Waals surface area (Å²) in [4.78, 5) is 27.4. The summed E-state index contributed by atoms with van der Waals surface area (Å²) in [6.45, 7) is 4.58. The van der Waals surface area contributed by atoms with Crippen LogP contribution >= 0.6 is 0 Å². The van der Waals surface area contributed by atoms with E-state index >= 15 is 0 Å². The highest BCUT2D eigenvalue weighted by Crippen LogP contribution is 2.43. The Kier molecular flexibility index (Phi) is 4.81. The number of fused-ring (bicyclic) bond motifs is 2. The van der Waals surface area contributed by atoms with Crippen LogP contribution in [0, 0.1) is 24.7 Å². The van der Waals surface area contributed by atoms with Crippen LogP contribution in [-0.4, -0.2) is 43.0 Å². The van der Waals surface area contributed by atoms with E-state index in [4.69, 9.17) is 4.74 Å². The fourth-order valence-corrected chi connectivity index (χ4v) is 4.33. The predicted molar refractivity (Wildman–Crippen MR) is 100.0 cm³/mol. The van der Waals surface area contributed by atoms with Gasteiger partial charge in [-0.1, -0.05) is 18.2 Å². The summed E-state index contributed by atoms with van der Waals surface area (Å²) in [5, 5.41) is 3.08. The van der Waals surface area contributed by atoms with Crippen LogP contribution in [0.1, 0.15) is 35.2 Å². The van der Waals surface area contributed by atoms with Gasteiger partial charge in [0.1, 0.15) is 0 Å². The minimum absolute atomic E-state index is 0.00820. The Hall–Kier alpha value is -2.14. The molecule has 0 unspecified atom stereocenters. The molecule has 2 aliphatic carbocycles. The Morgan fingerprint density at radius 1 is 1.15 bits per heavy atom. The van der Waals surface area contributed by atoms with Crippen LogP contribution in [-0.2, 0) is 9.53 Å². The van der Waals surface area contributed by atoms with Crippen LogP contribution in [0.25, 0.3) is 0 Å². The Bertz CT molecular complexity index is 735. The summed E-state index contributed by atoms with van der Waals surface area (Å²) in [6.07, 6.45) is 7.33. The van der Waals surface area contributed by atoms with Crippen LogP contribution in [0.2, 0.25) is 0 Å². The minimum atomic E-state index is 0.00820. The fraction of sp³-hybridized carbons (Fsp3) is 0.524. The second kappa shape index (κ2) is 7.23. The van der Waals surface area contributed by atoms with Gasteiger partial charge in [-0.15, -0.1) is 0 Å². The van der Waals surface area contributed by atoms with Crippen molar-refractivity contribution in [3.8, 4) is 0 Å². The van der Waals surface area contributed by atoms with Gasteiger partial charge < -0.3 is 15.0 Å². The Balaban J connectivity index is 1.48. The molecular formula is C21H26N2O3. The van der Waals surface area contributed by atoms with Gasteiger partial charge in [0.2, 0.25) is 5.91 Å². The number of amides is 2. The monoisotopic (exact) mass is 354 g/mol. The Morgan fingerprint density at radius 2 is 2.04 bits per heavy atom. The number of nitrogens with zero attached hydrogens (tertiary/aromatic N) is 1. The van der Waals surface area contributed by atoms with Crippen molar-refractivity contribution in [1.29, 1.82) is 0 Å². The molecule has 3 aliphatic rings. The zero-order valence-corrected chi connectivity index (χ0v) is 15.2. The first kappa shape index (κ1) is 17.3. The Morgan fingerprint density at radius 3 is 2.81 bits per heavy atom. The van der Waals surface area contributed by atoms with Gasteiger partial charge in [-0.3, -0.25) is 9.59 Å². The number of anilines is 1. The first-order valence-corrected chi connectivity index (χ1v) is 9.58. The zero-order valence-electron chi connectivity index (χ0n) is 15.2. The molecular weight excluding hydrogens is 328 g/mol. The molecule has 1 heterocycles. The van der Waals surface area contributed by atoms with E-state index in [1.54, 1.807) is 0 Å². The number of hydrogen-bond acceptors (Lipinski definition) is 3. The lowest BCUT2D eigenvalue weighted by Crippen LogP contribution is -2.33. The maximum absolute atomic E-state index is 12.8. The topological polar surface area (TPSA) is 58.6 Å². The van der Waals surface area contributed by atoms with Gasteiger partial charge in [-0.25, -0.2) is 0 Å². The molecule has 1 saturated heterocycles. The third kappa shape index (κ3) is 3.40. The van der Waals surface area contributed by atoms with E-state index in [9.17, 15) is 9.59 Å². The van der Waals surface area contributed by atoms with Crippen molar-refractivity contribution in [3.63, 3.8) is 0 Å². The quantitative estimate of drug-likeness (QED) is 0.849. The molecule has 2 bridgehead atoms. The van der Waals surface area contributed by atoms with E-state index < -0.39 is 0 Å². The molecule has 3 atom stereocenters. The largest absolute Gasteiger partial charge is 0.380 e. The molecule has 5 nitrogen and oxygen atoms in total. The van der Waals surface area contributed by atoms with Gasteiger partial charge in [-0.2, -0.15) is 0 Å². The summed E-state index contributed by atoms with van der Waals surface area (Å²) in [5.41, 5.74) is 2.35. The molecule has 4 rings (SSSR count). The standard InChI is InChI=1S/C21H26N2O3/c1-14-3-5-17(21(25)23-7-2-9-26-10-8-23)13-19(14)22-20(24)18-12-15-4-6-16(18)11-15/h3-6,13,15-16,18H,2,7-12H2,1H3,(H,22,24)/t15-,16+,18-/m1/s1. The van der Waals surface area contributed by atoms with Crippen molar-refractivity contribution in [2.24, 2.45) is 17.8 Å². The highest BCUT2D eigenvalue weighted by atomic mass is 16.5. The summed E-state index contributed by atoms with van der Waals surface area (Å²) in [6, 6.07) is 5.58. The van der Waals surface area contributed by atoms with Gasteiger partial charge in [0.05, 0.1) is 6.61 Å². The smallest absolute Gasteiger partial charge is 0.254 e. The lowest BCUT2D eigenvalue weighted by atomic mass is 9.92. The number of carbonyl (C=O) groups is 2. The van der Waals surface area contributed by atoms with Crippen molar-refractivity contribution < 1.29 is 14.3 Å². The highest BCUT2D eigenvalue weighted by Gasteiger charge is 2.39. The maximum atomic E-state index is 12.8. The molecule has 0 radical (unpaired) electrons. The summed E-state index contributed by atoms with van der Waals surface area (Å²) < 4.78 is 5.43. The first-order valence-electron chi connectivity index (χ1n) is 9.58. The van der Waals surface area contributed by atoms with Crippen LogP contribution in [0.4, 0.5) is 5.69 Å². The molecule has 1 saturated carbocycles. The second-order valence-corrected chi connectivity index (χ2v) is 7.66. The number of aryl methyl sites for hydroxylation is 1. The number of nitrogens with one attached hydrogen (secondary N) is 1. The average Bonchev–Trinajstić information content (AvgIpc) is 3.17. The normalized spacial score (nSPS) is 27.4. The van der Waals surface area contributed by atoms with Crippen LogP contribution < -0.4 is 5.32 Å². The van der Waals surface area contributed by atoms with Gasteiger partial charge >= 0.3 is 0 Å². The third-order valence-corrected chi connectivity index (χ3v) is 5.87. The maximum Gasteiger partial charge on any atom is 0.254 e. The van der Waals surface area contributed by atoms with Crippen molar-refractivity contribution in [1.82, 2.24) is 4.90 Å². The summed E-state index contributed by atoms with van der Waals surface area (Å²) >= 11 is 0. The molecule has 1 aliphatic heterocycles. The van der Waals surface area contributed by atoms with Gasteiger partial charge in [0.25, 0.3) is 5.91 Å². The van der Waals surface area contributed by atoms with E-state index in [1.807, 2.05) is 30.0 Å². The van der Waals surface area contributed by atoms with Crippen molar-refractivity contribution in [3.05, 3.63) is 41.5 Å². The number of allylic oxidation sites excluding steroid dienone is 2. The van der Waals surface area contributed by atoms with Crippen molar-refractivity contribution in [2.75, 3.05) is 31.6 Å². The van der Waals surface area contributed by atoms with Gasteiger partial charge in [-0.05, 0) is 55.7 Å². The predicted octanol–water partition coefficient (Wildman–Crippen LogP) is 3.01. The van der Waals surface area contributed by atoms with Gasteiger partial charge in [0.15, 0.2) is 0 Å². The van der Waals surface area contributed by atoms with E-state index in [2.05, 4.69) is 17.5 Å². The number of rotatable bonds is 3. The lowest BCUT2D eigenvalue weighted by molar-refractivity contribution is -0.120. The minimum Gasteiger partial charge on any atom is -0.380 e. The molecule has 1 N–H and O–H groups in total. The van der Waals surface area contributed by atoms with E-state index in [1.165, 1.54) is 0 Å². The molecule has 0 spiro atoms. The van der Waals surface area contributed by atoms with Gasteiger partial charge in [0, 0.05) is 36.9 Å². The highest BCUT2D eigenvalue weighted by molar-refractivity contribution is 5.98. The molecule has 0 aromatic heterocycles. The fourth-order valence-electron chi connectivity index (χ4n) is 4.33. The number of benzene rings is 1. The van der Waals surface area contributed by atoms with Crippen LogP contribution in [0.15, 0.2) is 30.4 Å². The van der Waals surface area contributed by atoms with E-state index in [0.717, 1.165) is 30.5 Å². The molecule has 1 aromatic carbocycles. The molecule has 26 heavy (non-hydrogen) atoms. The number of carbonyl (C=O) groups excluding carboxylic acids is 2. The number of hydrogen-bond donors (Lipinski definition) is 1. The Labute approximate surface area is 154 Å². The summed E-state index contributed by atoms with van der Waals surface area (Å²) in [7, 11) is 0. The third-order valence-electron chi connectivity index (χ3n) is 5.87. The van der Waals surface area contributed by atoms with Crippen LogP contribution in [0.3, 0.4) is 0 Å². The zero-order chi connectivity index (χ0) is 18.1. The van der Waals surface area contributed by atoms with Crippen molar-refractivity contribution in [2.45, 2.75) is 26.2 Å². The molecule has 2 fully saturated rings. The SMILES string of the molecule is Cc1ccc(C(=O)N2CCCOCC2)cc1NC(=O)[C@@H]1C[C@@H]2C=C[C@H]1C2. The van der Waals surface area contributed by atoms with E-state index in [0.29, 0.717) is 43.7 Å². The van der Waals surface area contributed by atoms with Crippen molar-refractivity contribution >= 4 is 17.5 Å². The average molecular weight is 354 g/mol. The molecule has 1 aromatic rings. The summed E-state index contributed by atoms with van der Waals surface area (Å²) in [5.74, 6) is 1.09.